The molecule has 0 fully saturated rings. The Bertz CT molecular complexity index is 1770. The molecule has 1 heterocycles. The normalized spacial score (nSPS) is 20.0. The van der Waals surface area contributed by atoms with Crippen LogP contribution in [0, 0.1) is 5.92 Å². The summed E-state index contributed by atoms with van der Waals surface area (Å²) in [6.45, 7) is 1.38. The van der Waals surface area contributed by atoms with Crippen molar-refractivity contribution in [2.24, 2.45) is 5.92 Å². The van der Waals surface area contributed by atoms with Crippen LogP contribution in [-0.2, 0) is 9.59 Å². The molecule has 2 aliphatic rings. The van der Waals surface area contributed by atoms with Gasteiger partial charge in [0, 0.05) is 42.9 Å². The van der Waals surface area contributed by atoms with Gasteiger partial charge in [0.2, 0.25) is 17.3 Å². The lowest BCUT2D eigenvalue weighted by Gasteiger charge is -2.38. The number of ether oxygens (including phenoxy) is 4. The number of fused-ring (bicyclic) bond motifs is 1. The van der Waals surface area contributed by atoms with Gasteiger partial charge in [0.25, 0.3) is 0 Å². The third kappa shape index (κ3) is 5.79. The summed E-state index contributed by atoms with van der Waals surface area (Å²) in [5, 5.41) is 45.0. The zero-order valence-corrected chi connectivity index (χ0v) is 26.8. The van der Waals surface area contributed by atoms with E-state index in [4.69, 9.17) is 30.5 Å². The number of aliphatic hydroxyl groups is 2. The van der Waals surface area contributed by atoms with Crippen molar-refractivity contribution in [3.05, 3.63) is 81.6 Å². The van der Waals surface area contributed by atoms with E-state index in [1.165, 1.54) is 69.9 Å². The average molecular weight is 668 g/mol. The Morgan fingerprint density at radius 2 is 1.62 bits per heavy atom. The number of carbonyl (C=O) groups excluding carboxylic acids is 3. The number of phenols is 2. The maximum atomic E-state index is 14.3. The molecule has 5 N–H and O–H groups in total. The summed E-state index contributed by atoms with van der Waals surface area (Å²) in [5.41, 5.74) is -1.60. The van der Waals surface area contributed by atoms with Crippen molar-refractivity contribution >= 4 is 29.1 Å². The van der Waals surface area contributed by atoms with Gasteiger partial charge in [-0.25, -0.2) is 0 Å². The smallest absolute Gasteiger partial charge is 0.231 e. The highest BCUT2D eigenvalue weighted by Crippen LogP contribution is 2.56. The number of aromatic hydroxyl groups is 2. The molecular weight excluding hydrogens is 634 g/mol. The first-order valence-corrected chi connectivity index (χ1v) is 15.0. The lowest BCUT2D eigenvalue weighted by atomic mass is 9.69. The minimum Gasteiger partial charge on any atom is -0.508 e. The summed E-state index contributed by atoms with van der Waals surface area (Å²) >= 11 is 6.55. The van der Waals surface area contributed by atoms with E-state index in [2.05, 4.69) is 5.32 Å². The summed E-state index contributed by atoms with van der Waals surface area (Å²) in [6, 6.07) is 11.5. The topological polar surface area (TPSA) is 181 Å². The zero-order valence-electron chi connectivity index (χ0n) is 26.0. The Labute approximate surface area is 275 Å². The van der Waals surface area contributed by atoms with Crippen molar-refractivity contribution in [3.8, 4) is 34.5 Å². The van der Waals surface area contributed by atoms with Crippen LogP contribution in [0.2, 0.25) is 5.02 Å². The van der Waals surface area contributed by atoms with Gasteiger partial charge >= 0.3 is 0 Å². The van der Waals surface area contributed by atoms with Crippen molar-refractivity contribution < 1.29 is 53.8 Å². The largest absolute Gasteiger partial charge is 0.508 e. The summed E-state index contributed by atoms with van der Waals surface area (Å²) < 4.78 is 22.3. The van der Waals surface area contributed by atoms with Crippen molar-refractivity contribution in [2.45, 2.75) is 37.4 Å². The highest BCUT2D eigenvalue weighted by molar-refractivity contribution is 6.35. The fraction of sp³-hybridized carbons (Fsp3) is 0.324. The highest BCUT2D eigenvalue weighted by atomic mass is 35.5. The number of benzene rings is 3. The van der Waals surface area contributed by atoms with Crippen molar-refractivity contribution in [1.29, 1.82) is 0 Å². The zero-order chi connectivity index (χ0) is 34.2. The second-order valence-electron chi connectivity index (χ2n) is 11.4. The molecule has 47 heavy (non-hydrogen) atoms. The first kappa shape index (κ1) is 33.4. The molecule has 1 aliphatic carbocycles. The monoisotopic (exact) mass is 667 g/mol. The van der Waals surface area contributed by atoms with Crippen LogP contribution >= 0.6 is 11.6 Å². The molecule has 0 saturated carbocycles. The van der Waals surface area contributed by atoms with Crippen LogP contribution in [0.25, 0.3) is 0 Å². The van der Waals surface area contributed by atoms with Gasteiger partial charge in [0.1, 0.15) is 27.8 Å². The number of hydrogen-bond donors (Lipinski definition) is 5. The Balaban J connectivity index is 1.58. The molecule has 0 bridgehead atoms. The van der Waals surface area contributed by atoms with Crippen molar-refractivity contribution in [3.63, 3.8) is 0 Å². The molecule has 1 spiro atoms. The number of ketones is 2. The number of hydrogen-bond acceptors (Lipinski definition) is 11. The summed E-state index contributed by atoms with van der Waals surface area (Å²) in [4.78, 5) is 41.5. The second-order valence-corrected chi connectivity index (χ2v) is 11.7. The van der Waals surface area contributed by atoms with Crippen molar-refractivity contribution in [2.75, 3.05) is 27.9 Å². The second kappa shape index (κ2) is 13.0. The number of phenolic OH excluding ortho intramolecular Hbond substituents is 2. The minimum absolute atomic E-state index is 0.0159. The van der Waals surface area contributed by atoms with E-state index >= 15 is 0 Å². The third-order valence-electron chi connectivity index (χ3n) is 8.63. The van der Waals surface area contributed by atoms with Gasteiger partial charge in [-0.3, -0.25) is 14.4 Å². The molecule has 12 nitrogen and oxygen atoms in total. The molecule has 3 aromatic rings. The average Bonchev–Trinajstić information content (AvgIpc) is 3.37. The van der Waals surface area contributed by atoms with Gasteiger partial charge in [-0.1, -0.05) is 36.7 Å². The first-order chi connectivity index (χ1) is 22.4. The summed E-state index contributed by atoms with van der Waals surface area (Å²) in [6.07, 6.45) is -1.76. The molecule has 5 rings (SSSR count). The van der Waals surface area contributed by atoms with Gasteiger partial charge in [-0.2, -0.15) is 0 Å². The first-order valence-electron chi connectivity index (χ1n) is 14.6. The van der Waals surface area contributed by atoms with Crippen LogP contribution in [0.1, 0.15) is 53.3 Å². The number of rotatable bonds is 10. The lowest BCUT2D eigenvalue weighted by molar-refractivity contribution is -0.122. The Kier molecular flexibility index (Phi) is 9.28. The van der Waals surface area contributed by atoms with E-state index in [1.54, 1.807) is 6.92 Å². The summed E-state index contributed by atoms with van der Waals surface area (Å²) in [7, 11) is 4.06. The maximum absolute atomic E-state index is 14.3. The number of allylic oxidation sites excluding steroid dienone is 1. The van der Waals surface area contributed by atoms with Gasteiger partial charge in [-0.15, -0.1) is 0 Å². The fourth-order valence-electron chi connectivity index (χ4n) is 6.12. The van der Waals surface area contributed by atoms with Crippen LogP contribution in [-0.4, -0.2) is 71.4 Å². The molecule has 1 amide bonds. The van der Waals surface area contributed by atoms with Crippen LogP contribution < -0.4 is 24.3 Å². The number of carbonyl (C=O) groups is 3. The van der Waals surface area contributed by atoms with Crippen LogP contribution in [0.4, 0.5) is 0 Å². The molecular formula is C34H34ClNO11. The molecule has 248 valence electrons. The van der Waals surface area contributed by atoms with Gasteiger partial charge in [0.05, 0.1) is 27.4 Å². The Morgan fingerprint density at radius 3 is 2.26 bits per heavy atom. The molecule has 4 atom stereocenters. The minimum atomic E-state index is -2.08. The molecule has 0 saturated heterocycles. The van der Waals surface area contributed by atoms with Gasteiger partial charge < -0.3 is 44.7 Å². The molecule has 1 aliphatic heterocycles. The molecule has 2 unspecified atom stereocenters. The number of amides is 1. The number of Topliss-reactive ketones (excluding diaryl/α,β-unsaturated/α-hetero) is 2. The number of halogens is 1. The number of aliphatic hydroxyl groups excluding tert-OH is 2. The van der Waals surface area contributed by atoms with E-state index in [0.717, 1.165) is 0 Å². The molecule has 0 aromatic heterocycles. The Morgan fingerprint density at radius 1 is 0.979 bits per heavy atom. The van der Waals surface area contributed by atoms with Crippen molar-refractivity contribution in [1.82, 2.24) is 5.32 Å². The maximum Gasteiger partial charge on any atom is 0.231 e. The van der Waals surface area contributed by atoms with E-state index in [-0.39, 0.29) is 63.6 Å². The number of methoxy groups -OCH3 is 3. The van der Waals surface area contributed by atoms with Crippen LogP contribution in [0.15, 0.2) is 59.9 Å². The molecule has 3 aromatic carbocycles. The molecule has 0 radical (unpaired) electrons. The van der Waals surface area contributed by atoms with E-state index in [0.29, 0.717) is 11.1 Å². The fourth-order valence-corrected chi connectivity index (χ4v) is 6.38. The number of nitrogens with one attached hydrogen (secondary N) is 1. The standard InChI is InChI=1S/C34H34ClNO11/c1-16-11-22(39)28(32(42)34(16)33(43)29-25(45-3)14-26(46-4)30(35)31(29)47-34)20(18-7-10-21(38)24(12-18)44-2)13-27(41)36-15-23(40)17-5-8-19(37)9-6-17/h5-10,12,14,16,20,23,37-38,40,42H,11,13,15H2,1-4H3,(H,36,41)/t16-,20?,23?,34+/m1/s1. The predicted molar refractivity (Wildman–Crippen MR) is 169 cm³/mol. The third-order valence-corrected chi connectivity index (χ3v) is 8.98. The van der Waals surface area contributed by atoms with Gasteiger partial charge in [-0.05, 0) is 35.4 Å². The predicted octanol–water partition coefficient (Wildman–Crippen LogP) is 4.54. The van der Waals surface area contributed by atoms with Crippen LogP contribution in [0.3, 0.4) is 0 Å². The Hall–Kier alpha value is -4.94. The van der Waals surface area contributed by atoms with E-state index < -0.39 is 53.2 Å². The van der Waals surface area contributed by atoms with E-state index in [1.807, 2.05) is 0 Å². The van der Waals surface area contributed by atoms with Crippen LogP contribution in [0.5, 0.6) is 34.5 Å². The highest BCUT2D eigenvalue weighted by Gasteiger charge is 2.61. The van der Waals surface area contributed by atoms with E-state index in [9.17, 15) is 34.8 Å². The SMILES string of the molecule is COc1cc(C(CC(=O)NCC(O)c2ccc(O)cc2)C2=C(O)[C@@]3(Oc4c(Cl)c(OC)cc(OC)c4C3=O)[C@H](C)CC2=O)ccc1O. The van der Waals surface area contributed by atoms with Gasteiger partial charge in [0.15, 0.2) is 28.8 Å². The quantitative estimate of drug-likeness (QED) is 0.205. The molecule has 13 heteroatoms. The summed E-state index contributed by atoms with van der Waals surface area (Å²) in [5.74, 6) is -4.49. The lowest BCUT2D eigenvalue weighted by Crippen LogP contribution is -2.53.